The average molecular weight is 137 g/mol. The van der Waals surface area contributed by atoms with Crippen LogP contribution < -0.4 is 0 Å². The summed E-state index contributed by atoms with van der Waals surface area (Å²) in [6.45, 7) is 0.118. The smallest absolute Gasteiger partial charge is 0.393 e. The Balaban J connectivity index is 2.32. The zero-order valence-corrected chi connectivity index (χ0v) is 5.01. The van der Waals surface area contributed by atoms with Gasteiger partial charge >= 0.3 is 8.25 Å². The van der Waals surface area contributed by atoms with Gasteiger partial charge in [0.1, 0.15) is 6.61 Å². The maximum Gasteiger partial charge on any atom is 0.697 e. The van der Waals surface area contributed by atoms with Crippen molar-refractivity contribution in [2.75, 3.05) is 13.2 Å². The van der Waals surface area contributed by atoms with Crippen LogP contribution in [0.3, 0.4) is 0 Å². The Labute approximate surface area is 47.4 Å². The van der Waals surface area contributed by atoms with Gasteiger partial charge in [-0.25, -0.2) is 0 Å². The average Bonchev–Trinajstić information content (AvgIpc) is 2.14. The fourth-order valence-electron chi connectivity index (χ4n) is 0.413. The van der Waals surface area contributed by atoms with Crippen LogP contribution in [0.1, 0.15) is 0 Å². The van der Waals surface area contributed by atoms with Crippen molar-refractivity contribution in [3.05, 3.63) is 0 Å². The summed E-state index contributed by atoms with van der Waals surface area (Å²) in [4.78, 5) is 0. The van der Waals surface area contributed by atoms with Crippen LogP contribution in [0.4, 0.5) is 0 Å². The molecule has 2 unspecified atom stereocenters. The highest BCUT2D eigenvalue weighted by molar-refractivity contribution is 7.33. The summed E-state index contributed by atoms with van der Waals surface area (Å²) in [5, 5.41) is 8.35. The zero-order valence-electron chi connectivity index (χ0n) is 4.11. The Hall–Kier alpha value is -0.0200. The molecule has 0 amide bonds. The molecule has 0 aliphatic carbocycles. The Kier molecular flexibility index (Phi) is 1.91. The molecule has 1 heterocycles. The van der Waals surface area contributed by atoms with Crippen LogP contribution in [0.25, 0.3) is 0 Å². The summed E-state index contributed by atoms with van der Waals surface area (Å²) in [6.07, 6.45) is -0.376. The molecule has 1 rings (SSSR count). The van der Waals surface area contributed by atoms with Crippen molar-refractivity contribution in [2.24, 2.45) is 0 Å². The molecule has 1 N–H and O–H groups in total. The SMILES string of the molecule is O=[P+]1OCC(CO)O1. The molecule has 8 heavy (non-hydrogen) atoms. The molecular formula is C3H6O4P+. The van der Waals surface area contributed by atoms with Crippen molar-refractivity contribution in [3.63, 3.8) is 0 Å². The Morgan fingerprint density at radius 2 is 2.62 bits per heavy atom. The van der Waals surface area contributed by atoms with Crippen LogP contribution in [-0.2, 0) is 13.6 Å². The fourth-order valence-corrected chi connectivity index (χ4v) is 1.13. The van der Waals surface area contributed by atoms with E-state index in [1.807, 2.05) is 0 Å². The van der Waals surface area contributed by atoms with Crippen molar-refractivity contribution in [1.82, 2.24) is 0 Å². The topological polar surface area (TPSA) is 55.8 Å². The lowest BCUT2D eigenvalue weighted by molar-refractivity contribution is 0.136. The van der Waals surface area contributed by atoms with Crippen LogP contribution in [0.2, 0.25) is 0 Å². The first kappa shape index (κ1) is 6.11. The van der Waals surface area contributed by atoms with Crippen molar-refractivity contribution >= 4 is 8.25 Å². The van der Waals surface area contributed by atoms with E-state index >= 15 is 0 Å². The molecule has 0 aromatic carbocycles. The Bertz CT molecular complexity index is 103. The highest BCUT2D eigenvalue weighted by Crippen LogP contribution is 2.32. The van der Waals surface area contributed by atoms with Gasteiger partial charge < -0.3 is 5.11 Å². The molecule has 1 aliphatic heterocycles. The molecule has 0 aromatic heterocycles. The second-order valence-corrected chi connectivity index (χ2v) is 2.35. The lowest BCUT2D eigenvalue weighted by atomic mass is 10.4. The Morgan fingerprint density at radius 3 is 2.88 bits per heavy atom. The van der Waals surface area contributed by atoms with Crippen molar-refractivity contribution in [2.45, 2.75) is 6.10 Å². The van der Waals surface area contributed by atoms with Gasteiger partial charge in [-0.3, -0.25) is 0 Å². The van der Waals surface area contributed by atoms with Gasteiger partial charge in [-0.1, -0.05) is 0 Å². The largest absolute Gasteiger partial charge is 0.697 e. The van der Waals surface area contributed by atoms with E-state index in [0.717, 1.165) is 0 Å². The third kappa shape index (κ3) is 1.23. The third-order valence-electron chi connectivity index (χ3n) is 0.805. The summed E-state index contributed by atoms with van der Waals surface area (Å²) >= 11 is 0. The van der Waals surface area contributed by atoms with Gasteiger partial charge in [-0.2, -0.15) is 0 Å². The molecule has 0 spiro atoms. The van der Waals surface area contributed by atoms with E-state index in [0.29, 0.717) is 0 Å². The van der Waals surface area contributed by atoms with Gasteiger partial charge in [0.15, 0.2) is 6.10 Å². The van der Waals surface area contributed by atoms with Crippen LogP contribution in [0, 0.1) is 0 Å². The Morgan fingerprint density at radius 1 is 1.88 bits per heavy atom. The molecule has 0 saturated carbocycles. The lowest BCUT2D eigenvalue weighted by Gasteiger charge is -1.89. The van der Waals surface area contributed by atoms with E-state index < -0.39 is 8.25 Å². The number of aliphatic hydroxyl groups is 1. The van der Waals surface area contributed by atoms with E-state index in [1.54, 1.807) is 0 Å². The highest BCUT2D eigenvalue weighted by atomic mass is 31.1. The van der Waals surface area contributed by atoms with Gasteiger partial charge in [-0.15, -0.1) is 9.05 Å². The monoisotopic (exact) mass is 137 g/mol. The highest BCUT2D eigenvalue weighted by Gasteiger charge is 2.36. The number of aliphatic hydroxyl groups excluding tert-OH is 1. The van der Waals surface area contributed by atoms with Gasteiger partial charge in [0, 0.05) is 4.57 Å². The molecule has 5 heteroatoms. The zero-order chi connectivity index (χ0) is 5.98. The minimum absolute atomic E-state index is 0.124. The lowest BCUT2D eigenvalue weighted by Crippen LogP contribution is -2.13. The summed E-state index contributed by atoms with van der Waals surface area (Å²) in [7, 11) is -1.92. The minimum atomic E-state index is -1.92. The maximum absolute atomic E-state index is 10.2. The quantitative estimate of drug-likeness (QED) is 0.519. The number of hydrogen-bond acceptors (Lipinski definition) is 4. The molecule has 0 radical (unpaired) electrons. The summed E-state index contributed by atoms with van der Waals surface area (Å²) in [5.74, 6) is 0. The standard InChI is InChI=1S/C3H6O4P/c4-1-3-2-6-8(5)7-3/h3-4H,1-2H2/q+1. The predicted molar refractivity (Wildman–Crippen MR) is 25.5 cm³/mol. The van der Waals surface area contributed by atoms with Crippen molar-refractivity contribution in [1.29, 1.82) is 0 Å². The van der Waals surface area contributed by atoms with Crippen LogP contribution in [-0.4, -0.2) is 24.4 Å². The molecule has 4 nitrogen and oxygen atoms in total. The van der Waals surface area contributed by atoms with Gasteiger partial charge in [-0.05, 0) is 0 Å². The molecule has 0 aromatic rings. The predicted octanol–water partition coefficient (Wildman–Crippen LogP) is 0.0515. The molecular weight excluding hydrogens is 131 g/mol. The second-order valence-electron chi connectivity index (χ2n) is 1.43. The van der Waals surface area contributed by atoms with Crippen LogP contribution in [0.5, 0.6) is 0 Å². The van der Waals surface area contributed by atoms with Gasteiger partial charge in [0.25, 0.3) is 0 Å². The first-order valence-electron chi connectivity index (χ1n) is 2.20. The maximum atomic E-state index is 10.2. The molecule has 1 aliphatic rings. The number of hydrogen-bond donors (Lipinski definition) is 1. The van der Waals surface area contributed by atoms with Crippen molar-refractivity contribution < 1.29 is 18.7 Å². The molecule has 2 atom stereocenters. The molecule has 46 valence electrons. The molecule has 0 bridgehead atoms. The van der Waals surface area contributed by atoms with E-state index in [9.17, 15) is 4.57 Å². The van der Waals surface area contributed by atoms with E-state index in [-0.39, 0.29) is 19.3 Å². The summed E-state index contributed by atoms with van der Waals surface area (Å²) < 4.78 is 19.2. The number of rotatable bonds is 1. The van der Waals surface area contributed by atoms with E-state index in [1.165, 1.54) is 0 Å². The molecule has 1 fully saturated rings. The van der Waals surface area contributed by atoms with Crippen molar-refractivity contribution in [3.8, 4) is 0 Å². The first-order valence-corrected chi connectivity index (χ1v) is 3.30. The van der Waals surface area contributed by atoms with E-state index in [2.05, 4.69) is 9.05 Å². The fraction of sp³-hybridized carbons (Fsp3) is 1.00. The van der Waals surface area contributed by atoms with E-state index in [4.69, 9.17) is 5.11 Å². The first-order chi connectivity index (χ1) is 3.83. The summed E-state index contributed by atoms with van der Waals surface area (Å²) in [6, 6.07) is 0. The van der Waals surface area contributed by atoms with Crippen LogP contribution >= 0.6 is 8.25 Å². The normalized spacial score (nSPS) is 33.6. The third-order valence-corrected chi connectivity index (χ3v) is 1.63. The van der Waals surface area contributed by atoms with Crippen LogP contribution in [0.15, 0.2) is 0 Å². The second kappa shape index (κ2) is 2.51. The summed E-state index contributed by atoms with van der Waals surface area (Å²) in [5.41, 5.74) is 0. The van der Waals surface area contributed by atoms with Gasteiger partial charge in [0.2, 0.25) is 0 Å². The minimum Gasteiger partial charge on any atom is -0.393 e. The van der Waals surface area contributed by atoms with Gasteiger partial charge in [0.05, 0.1) is 6.61 Å². The molecule has 1 saturated heterocycles.